The number of pyridine rings is 1. The first kappa shape index (κ1) is 12.8. The molecule has 0 radical (unpaired) electrons. The van der Waals surface area contributed by atoms with Crippen molar-refractivity contribution >= 4 is 46.3 Å². The lowest BCUT2D eigenvalue weighted by molar-refractivity contribution is 0.771. The van der Waals surface area contributed by atoms with Crippen LogP contribution >= 0.6 is 34.8 Å². The number of fused-ring (bicyclic) bond motifs is 1. The van der Waals surface area contributed by atoms with Crippen LogP contribution in [0.3, 0.4) is 0 Å². The van der Waals surface area contributed by atoms with Crippen molar-refractivity contribution in [3.05, 3.63) is 45.3 Å². The smallest absolute Gasteiger partial charge is 0.166 e. The molecule has 0 aromatic carbocycles. The van der Waals surface area contributed by atoms with Gasteiger partial charge in [0.25, 0.3) is 0 Å². The normalized spacial score (nSPS) is 15.8. The van der Waals surface area contributed by atoms with Gasteiger partial charge in [-0.2, -0.15) is 5.10 Å². The molecule has 1 aliphatic heterocycles. The van der Waals surface area contributed by atoms with E-state index in [0.717, 1.165) is 24.4 Å². The zero-order valence-electron chi connectivity index (χ0n) is 9.70. The number of anilines is 1. The second-order valence-corrected chi connectivity index (χ2v) is 5.27. The Morgan fingerprint density at radius 1 is 1.26 bits per heavy atom. The fourth-order valence-electron chi connectivity index (χ4n) is 1.98. The van der Waals surface area contributed by atoms with Gasteiger partial charge in [0.2, 0.25) is 0 Å². The maximum absolute atomic E-state index is 6.02. The molecular formula is C12H9Cl3N4. The van der Waals surface area contributed by atoms with Gasteiger partial charge in [0, 0.05) is 19.2 Å². The zero-order valence-corrected chi connectivity index (χ0v) is 12.0. The molecular weight excluding hydrogens is 307 g/mol. The number of hydrogen-bond acceptors (Lipinski definition) is 3. The van der Waals surface area contributed by atoms with Gasteiger partial charge in [0.05, 0.1) is 21.5 Å². The van der Waals surface area contributed by atoms with Crippen molar-refractivity contribution in [1.82, 2.24) is 9.55 Å². The van der Waals surface area contributed by atoms with Crippen LogP contribution in [0.15, 0.2) is 29.5 Å². The average Bonchev–Trinajstić information content (AvgIpc) is 2.95. The fraction of sp³-hybridized carbons (Fsp3) is 0.167. The van der Waals surface area contributed by atoms with E-state index in [2.05, 4.69) is 20.1 Å². The molecule has 7 heteroatoms. The van der Waals surface area contributed by atoms with Gasteiger partial charge in [0.1, 0.15) is 5.15 Å². The van der Waals surface area contributed by atoms with Crippen LogP contribution in [0.5, 0.6) is 0 Å². The fourth-order valence-corrected chi connectivity index (χ4v) is 2.52. The van der Waals surface area contributed by atoms with Crippen molar-refractivity contribution in [2.24, 2.45) is 5.10 Å². The highest BCUT2D eigenvalue weighted by atomic mass is 35.5. The first-order valence-corrected chi connectivity index (χ1v) is 6.78. The van der Waals surface area contributed by atoms with Crippen LogP contribution in [-0.2, 0) is 6.54 Å². The quantitative estimate of drug-likeness (QED) is 0.670. The van der Waals surface area contributed by atoms with E-state index in [1.807, 2.05) is 18.3 Å². The Hall–Kier alpha value is -1.23. The molecule has 0 amide bonds. The minimum atomic E-state index is 0.198. The van der Waals surface area contributed by atoms with Crippen molar-refractivity contribution in [3.8, 4) is 0 Å². The molecule has 0 spiro atoms. The lowest BCUT2D eigenvalue weighted by Gasteiger charge is -2.05. The number of nitrogens with one attached hydrogen (secondary N) is 1. The largest absolute Gasteiger partial charge is 0.346 e. The molecule has 2 aromatic heterocycles. The van der Waals surface area contributed by atoms with Crippen molar-refractivity contribution < 1.29 is 0 Å². The summed E-state index contributed by atoms with van der Waals surface area (Å²) in [6.07, 6.45) is 2.91. The van der Waals surface area contributed by atoms with E-state index in [1.165, 1.54) is 6.07 Å². The molecule has 1 aliphatic rings. The summed E-state index contributed by atoms with van der Waals surface area (Å²) >= 11 is 17.7. The highest BCUT2D eigenvalue weighted by molar-refractivity contribution is 6.42. The summed E-state index contributed by atoms with van der Waals surface area (Å²) in [7, 11) is 0. The van der Waals surface area contributed by atoms with Crippen molar-refractivity contribution in [2.75, 3.05) is 5.43 Å². The van der Waals surface area contributed by atoms with Crippen molar-refractivity contribution in [3.63, 3.8) is 0 Å². The summed E-state index contributed by atoms with van der Waals surface area (Å²) in [5.41, 5.74) is 4.91. The van der Waals surface area contributed by atoms with Gasteiger partial charge >= 0.3 is 0 Å². The molecule has 0 saturated heterocycles. The van der Waals surface area contributed by atoms with E-state index in [9.17, 15) is 0 Å². The Labute approximate surface area is 125 Å². The van der Waals surface area contributed by atoms with Crippen LogP contribution in [0, 0.1) is 0 Å². The van der Waals surface area contributed by atoms with Crippen molar-refractivity contribution in [1.29, 1.82) is 0 Å². The van der Waals surface area contributed by atoms with E-state index >= 15 is 0 Å². The van der Waals surface area contributed by atoms with E-state index in [4.69, 9.17) is 34.8 Å². The molecule has 0 unspecified atom stereocenters. The Morgan fingerprint density at radius 2 is 2.11 bits per heavy atom. The molecule has 3 rings (SSSR count). The van der Waals surface area contributed by atoms with E-state index < -0.39 is 0 Å². The molecule has 0 fully saturated rings. The molecule has 2 aromatic rings. The average molecular weight is 316 g/mol. The van der Waals surface area contributed by atoms with Gasteiger partial charge < -0.3 is 4.57 Å². The highest BCUT2D eigenvalue weighted by Gasteiger charge is 2.16. The predicted octanol–water partition coefficient (Wildman–Crippen LogP) is 4.06. The standard InChI is InChI=1S/C12H9Cl3N4/c13-7-6-8(14)12(16-11(7)15)18-17-9-3-5-19-4-1-2-10(9)19/h1-2,4,6H,3,5H2,(H,16,18)/b17-9-. The van der Waals surface area contributed by atoms with Crippen LogP contribution in [0.4, 0.5) is 5.82 Å². The lowest BCUT2D eigenvalue weighted by atomic mass is 10.2. The predicted molar refractivity (Wildman–Crippen MR) is 78.5 cm³/mol. The van der Waals surface area contributed by atoms with Gasteiger partial charge in [-0.1, -0.05) is 34.8 Å². The van der Waals surface area contributed by atoms with Crippen LogP contribution in [0.25, 0.3) is 0 Å². The van der Waals surface area contributed by atoms with Gasteiger partial charge in [0.15, 0.2) is 5.82 Å². The molecule has 0 bridgehead atoms. The monoisotopic (exact) mass is 314 g/mol. The SMILES string of the molecule is Clc1cc(Cl)c(N/N=C2/CCn3cccc32)nc1Cl. The van der Waals surface area contributed by atoms with E-state index in [-0.39, 0.29) is 5.15 Å². The Bertz CT molecular complexity index is 663. The Kier molecular flexibility index (Phi) is 3.39. The number of halogens is 3. The minimum absolute atomic E-state index is 0.198. The van der Waals surface area contributed by atoms with E-state index in [0.29, 0.717) is 15.9 Å². The molecule has 19 heavy (non-hydrogen) atoms. The maximum Gasteiger partial charge on any atom is 0.166 e. The third kappa shape index (κ3) is 2.43. The highest BCUT2D eigenvalue weighted by Crippen LogP contribution is 2.29. The van der Waals surface area contributed by atoms with Crippen LogP contribution in [0.2, 0.25) is 15.2 Å². The molecule has 3 heterocycles. The molecule has 1 N–H and O–H groups in total. The van der Waals surface area contributed by atoms with Gasteiger partial charge in [-0.3, -0.25) is 5.43 Å². The van der Waals surface area contributed by atoms with Crippen molar-refractivity contribution in [2.45, 2.75) is 13.0 Å². The van der Waals surface area contributed by atoms with Gasteiger partial charge in [-0.15, -0.1) is 0 Å². The molecule has 4 nitrogen and oxygen atoms in total. The summed E-state index contributed by atoms with van der Waals surface area (Å²) in [6.45, 7) is 0.936. The third-order valence-corrected chi connectivity index (χ3v) is 3.86. The van der Waals surface area contributed by atoms with E-state index in [1.54, 1.807) is 0 Å². The summed E-state index contributed by atoms with van der Waals surface area (Å²) in [6, 6.07) is 5.56. The first-order valence-electron chi connectivity index (χ1n) is 5.65. The molecule has 0 saturated carbocycles. The summed E-state index contributed by atoms with van der Waals surface area (Å²) in [4.78, 5) is 4.05. The number of hydrazone groups is 1. The van der Waals surface area contributed by atoms with Crippen LogP contribution in [0.1, 0.15) is 12.1 Å². The summed E-state index contributed by atoms with van der Waals surface area (Å²) in [5.74, 6) is 0.397. The second kappa shape index (κ2) is 5.04. The van der Waals surface area contributed by atoms with Gasteiger partial charge in [-0.05, 0) is 18.2 Å². The van der Waals surface area contributed by atoms with Gasteiger partial charge in [-0.25, -0.2) is 4.98 Å². The first-order chi connectivity index (χ1) is 9.15. The topological polar surface area (TPSA) is 42.2 Å². The maximum atomic E-state index is 6.02. The number of hydrogen-bond donors (Lipinski definition) is 1. The van der Waals surface area contributed by atoms with Crippen LogP contribution in [-0.4, -0.2) is 15.3 Å². The Morgan fingerprint density at radius 3 is 2.95 bits per heavy atom. The molecule has 0 atom stereocenters. The lowest BCUT2D eigenvalue weighted by Crippen LogP contribution is -2.01. The summed E-state index contributed by atoms with van der Waals surface area (Å²) < 4.78 is 2.14. The Balaban J connectivity index is 1.86. The number of nitrogens with zero attached hydrogens (tertiary/aromatic N) is 3. The molecule has 98 valence electrons. The zero-order chi connectivity index (χ0) is 13.4. The third-order valence-electron chi connectivity index (χ3n) is 2.90. The number of rotatable bonds is 2. The molecule has 0 aliphatic carbocycles. The number of aryl methyl sites for hydroxylation is 1. The second-order valence-electron chi connectivity index (χ2n) is 4.10. The minimum Gasteiger partial charge on any atom is -0.346 e. The summed E-state index contributed by atoms with van der Waals surface area (Å²) in [5, 5.41) is 5.23. The van der Waals surface area contributed by atoms with Crippen LogP contribution < -0.4 is 5.43 Å². The number of aromatic nitrogens is 2.